The van der Waals surface area contributed by atoms with Gasteiger partial charge < -0.3 is 19.9 Å². The van der Waals surface area contributed by atoms with Crippen molar-refractivity contribution in [1.82, 2.24) is 15.1 Å². The molecule has 1 heterocycles. The summed E-state index contributed by atoms with van der Waals surface area (Å²) in [6, 6.07) is 10.7. The minimum atomic E-state index is -0.400. The van der Waals surface area contributed by atoms with Gasteiger partial charge in [-0.3, -0.25) is 14.9 Å². The van der Waals surface area contributed by atoms with E-state index >= 15 is 0 Å². The average Bonchev–Trinajstić information content (AvgIpc) is 2.74. The molecule has 1 saturated heterocycles. The Hall–Kier alpha value is -2.68. The number of carbonyl (C=O) groups excluding carboxylic acids is 2. The maximum absolute atomic E-state index is 12.8. The van der Waals surface area contributed by atoms with Crippen LogP contribution in [-0.2, 0) is 4.79 Å². The number of carbonyl (C=O) groups is 2. The normalized spacial score (nSPS) is 14.1. The van der Waals surface area contributed by atoms with Crippen molar-refractivity contribution in [3.63, 3.8) is 0 Å². The molecule has 2 aromatic carbocycles. The van der Waals surface area contributed by atoms with E-state index in [0.717, 1.165) is 24.2 Å². The summed E-state index contributed by atoms with van der Waals surface area (Å²) in [5, 5.41) is 5.93. The lowest BCUT2D eigenvalue weighted by Gasteiger charge is -2.32. The number of anilines is 1. The second-order valence-electron chi connectivity index (χ2n) is 7.85. The number of ether oxygens (including phenoxy) is 1. The number of hydrogen-bond acceptors (Lipinski definition) is 5. The van der Waals surface area contributed by atoms with Crippen LogP contribution in [0, 0.1) is 13.8 Å². The highest BCUT2D eigenvalue weighted by atomic mass is 35.5. The van der Waals surface area contributed by atoms with Crippen LogP contribution < -0.4 is 15.4 Å². The lowest BCUT2D eigenvalue weighted by Crippen LogP contribution is -2.47. The van der Waals surface area contributed by atoms with E-state index in [9.17, 15) is 9.59 Å². The molecule has 1 aliphatic heterocycles. The van der Waals surface area contributed by atoms with Crippen LogP contribution in [0.15, 0.2) is 36.4 Å². The van der Waals surface area contributed by atoms with Gasteiger partial charge in [0.25, 0.3) is 11.8 Å². The lowest BCUT2D eigenvalue weighted by molar-refractivity contribution is -0.121. The van der Waals surface area contributed by atoms with Gasteiger partial charge in [-0.1, -0.05) is 29.3 Å². The molecular formula is C23H27ClN4O3S. The van der Waals surface area contributed by atoms with Crippen LogP contribution >= 0.6 is 23.8 Å². The van der Waals surface area contributed by atoms with Crippen molar-refractivity contribution in [2.45, 2.75) is 13.8 Å². The minimum Gasteiger partial charge on any atom is -0.483 e. The summed E-state index contributed by atoms with van der Waals surface area (Å²) in [4.78, 5) is 29.0. The largest absolute Gasteiger partial charge is 0.483 e. The van der Waals surface area contributed by atoms with Crippen LogP contribution in [0.1, 0.15) is 21.5 Å². The molecule has 0 aliphatic carbocycles. The molecule has 170 valence electrons. The van der Waals surface area contributed by atoms with Gasteiger partial charge in [0.15, 0.2) is 11.7 Å². The van der Waals surface area contributed by atoms with Crippen molar-refractivity contribution in [2.24, 2.45) is 0 Å². The van der Waals surface area contributed by atoms with Gasteiger partial charge >= 0.3 is 0 Å². The fourth-order valence-corrected chi connectivity index (χ4v) is 3.76. The molecule has 1 aliphatic rings. The molecule has 0 atom stereocenters. The van der Waals surface area contributed by atoms with Crippen LogP contribution in [-0.4, -0.2) is 66.6 Å². The van der Waals surface area contributed by atoms with Crippen molar-refractivity contribution < 1.29 is 14.3 Å². The summed E-state index contributed by atoms with van der Waals surface area (Å²) < 4.78 is 5.57. The lowest BCUT2D eigenvalue weighted by atomic mass is 10.1. The summed E-state index contributed by atoms with van der Waals surface area (Å²) in [6.45, 7) is 6.76. The third kappa shape index (κ3) is 6.41. The van der Waals surface area contributed by atoms with E-state index in [1.54, 1.807) is 18.2 Å². The highest BCUT2D eigenvalue weighted by Gasteiger charge is 2.21. The third-order valence-electron chi connectivity index (χ3n) is 5.19. The van der Waals surface area contributed by atoms with Gasteiger partial charge in [-0.05, 0) is 62.9 Å². The van der Waals surface area contributed by atoms with Gasteiger partial charge in [0.05, 0.1) is 10.7 Å². The number of nitrogens with zero attached hydrogens (tertiary/aromatic N) is 2. The molecule has 2 aromatic rings. The Morgan fingerprint density at radius 3 is 2.50 bits per heavy atom. The van der Waals surface area contributed by atoms with Crippen molar-refractivity contribution in [3.8, 4) is 5.75 Å². The molecule has 2 amide bonds. The van der Waals surface area contributed by atoms with Gasteiger partial charge in [0.2, 0.25) is 0 Å². The van der Waals surface area contributed by atoms with Gasteiger partial charge in [0.1, 0.15) is 5.75 Å². The smallest absolute Gasteiger partial charge is 0.264 e. The maximum Gasteiger partial charge on any atom is 0.264 e. The minimum absolute atomic E-state index is 0.0605. The summed E-state index contributed by atoms with van der Waals surface area (Å²) in [5.74, 6) is 0.181. The van der Waals surface area contributed by atoms with Crippen LogP contribution in [0.3, 0.4) is 0 Å². The van der Waals surface area contributed by atoms with Crippen molar-refractivity contribution >= 4 is 46.4 Å². The number of piperazine rings is 1. The van der Waals surface area contributed by atoms with E-state index in [1.807, 2.05) is 44.0 Å². The molecule has 2 N–H and O–H groups in total. The molecule has 9 heteroatoms. The number of halogens is 1. The summed E-state index contributed by atoms with van der Waals surface area (Å²) in [7, 11) is 2.04. The summed E-state index contributed by atoms with van der Waals surface area (Å²) in [5.41, 5.74) is 3.03. The topological polar surface area (TPSA) is 73.9 Å². The fourth-order valence-electron chi connectivity index (χ4n) is 3.37. The Morgan fingerprint density at radius 1 is 1.09 bits per heavy atom. The third-order valence-corrected chi connectivity index (χ3v) is 5.73. The van der Waals surface area contributed by atoms with Crippen LogP contribution in [0.25, 0.3) is 0 Å². The number of aryl methyl sites for hydroxylation is 2. The van der Waals surface area contributed by atoms with E-state index in [0.29, 0.717) is 35.1 Å². The Kier molecular flexibility index (Phi) is 8.06. The van der Waals surface area contributed by atoms with E-state index in [2.05, 4.69) is 15.5 Å². The second kappa shape index (κ2) is 10.8. The van der Waals surface area contributed by atoms with E-state index in [4.69, 9.17) is 28.6 Å². The molecule has 0 spiro atoms. The first-order valence-electron chi connectivity index (χ1n) is 10.3. The Bertz CT molecular complexity index is 1020. The first-order valence-corrected chi connectivity index (χ1v) is 11.1. The zero-order valence-electron chi connectivity index (χ0n) is 18.4. The molecule has 32 heavy (non-hydrogen) atoms. The Balaban J connectivity index is 1.56. The number of amides is 2. The molecular weight excluding hydrogens is 448 g/mol. The molecule has 0 bridgehead atoms. The number of nitrogens with one attached hydrogen (secondary N) is 2. The van der Waals surface area contributed by atoms with Gasteiger partial charge in [0, 0.05) is 31.7 Å². The molecule has 0 unspecified atom stereocenters. The van der Waals surface area contributed by atoms with Crippen molar-refractivity contribution in [2.75, 3.05) is 45.2 Å². The second-order valence-corrected chi connectivity index (χ2v) is 8.67. The van der Waals surface area contributed by atoms with Gasteiger partial charge in [-0.2, -0.15) is 0 Å². The molecule has 0 aromatic heterocycles. The number of hydrogen-bond donors (Lipinski definition) is 2. The first-order chi connectivity index (χ1) is 15.2. The molecule has 7 nitrogen and oxygen atoms in total. The van der Waals surface area contributed by atoms with Gasteiger partial charge in [-0.15, -0.1) is 0 Å². The monoisotopic (exact) mass is 474 g/mol. The van der Waals surface area contributed by atoms with Crippen LogP contribution in [0.2, 0.25) is 5.02 Å². The first kappa shape index (κ1) is 24.0. The summed E-state index contributed by atoms with van der Waals surface area (Å²) in [6.07, 6.45) is 0. The average molecular weight is 475 g/mol. The van der Waals surface area contributed by atoms with E-state index in [1.165, 1.54) is 0 Å². The molecule has 0 radical (unpaired) electrons. The highest BCUT2D eigenvalue weighted by Crippen LogP contribution is 2.24. The van der Waals surface area contributed by atoms with Crippen LogP contribution in [0.4, 0.5) is 5.69 Å². The number of likely N-dealkylation sites (N-methyl/N-ethyl adjacent to an activating group) is 1. The predicted molar refractivity (Wildman–Crippen MR) is 131 cm³/mol. The SMILES string of the molecule is Cc1ccc(OCC(=O)NC(=S)Nc2cc(C(=O)N3CCN(C)CC3)ccc2Cl)c(C)c1. The Morgan fingerprint density at radius 2 is 1.81 bits per heavy atom. The van der Waals surface area contributed by atoms with Crippen molar-refractivity contribution in [1.29, 1.82) is 0 Å². The molecule has 3 rings (SSSR count). The number of benzene rings is 2. The number of rotatable bonds is 5. The van der Waals surface area contributed by atoms with Gasteiger partial charge in [-0.25, -0.2) is 0 Å². The molecule has 1 fully saturated rings. The highest BCUT2D eigenvalue weighted by molar-refractivity contribution is 7.80. The zero-order valence-corrected chi connectivity index (χ0v) is 20.0. The zero-order chi connectivity index (χ0) is 23.3. The van der Waals surface area contributed by atoms with E-state index < -0.39 is 5.91 Å². The quantitative estimate of drug-likeness (QED) is 0.648. The molecule has 0 saturated carbocycles. The van der Waals surface area contributed by atoms with Crippen LogP contribution in [0.5, 0.6) is 5.75 Å². The fraction of sp³-hybridized carbons (Fsp3) is 0.348. The maximum atomic E-state index is 12.8. The summed E-state index contributed by atoms with van der Waals surface area (Å²) >= 11 is 11.5. The number of thiocarbonyl (C=S) groups is 1. The van der Waals surface area contributed by atoms with E-state index in [-0.39, 0.29) is 17.6 Å². The van der Waals surface area contributed by atoms with Crippen molar-refractivity contribution in [3.05, 3.63) is 58.1 Å². The standard InChI is InChI=1S/C23H27ClN4O3S/c1-15-4-7-20(16(2)12-15)31-14-21(29)26-23(32)25-19-13-17(5-6-18(19)24)22(30)28-10-8-27(3)9-11-28/h4-7,12-13H,8-11,14H2,1-3H3,(H2,25,26,29,32). The Labute approximate surface area is 198 Å². The predicted octanol–water partition coefficient (Wildman–Crippen LogP) is 3.24.